The van der Waals surface area contributed by atoms with Crippen LogP contribution < -0.4 is 4.74 Å². The summed E-state index contributed by atoms with van der Waals surface area (Å²) < 4.78 is 61.8. The van der Waals surface area contributed by atoms with Crippen LogP contribution in [0.4, 0.5) is 13.2 Å². The Bertz CT molecular complexity index is 546. The minimum Gasteiger partial charge on any atom is -0.388 e. The van der Waals surface area contributed by atoms with E-state index in [1.165, 1.54) is 13.0 Å². The van der Waals surface area contributed by atoms with Crippen LogP contribution in [0.15, 0.2) is 11.1 Å². The molecule has 0 unspecified atom stereocenters. The summed E-state index contributed by atoms with van der Waals surface area (Å²) >= 11 is 1.60. The maximum atomic E-state index is 12.0. The molecule has 1 aromatic rings. The molecule has 0 saturated carbocycles. The van der Waals surface area contributed by atoms with Crippen molar-refractivity contribution in [3.05, 3.63) is 15.2 Å². The molecule has 0 atom stereocenters. The molecule has 0 N–H and O–H groups in total. The van der Waals surface area contributed by atoms with Crippen molar-refractivity contribution in [2.24, 2.45) is 0 Å². The number of aromatic nitrogens is 1. The van der Waals surface area contributed by atoms with E-state index in [-0.39, 0.29) is 9.13 Å². The molecule has 0 aliphatic rings. The van der Waals surface area contributed by atoms with Crippen molar-refractivity contribution in [3.8, 4) is 5.88 Å². The van der Waals surface area contributed by atoms with Crippen LogP contribution in [-0.4, -0.2) is 19.8 Å². The molecule has 0 spiro atoms. The minimum absolute atomic E-state index is 0.0517. The van der Waals surface area contributed by atoms with Crippen molar-refractivity contribution in [3.63, 3.8) is 0 Å². The first-order valence-corrected chi connectivity index (χ1v) is 7.27. The molecule has 1 aromatic heterocycles. The summed E-state index contributed by atoms with van der Waals surface area (Å²) in [4.78, 5) is 3.26. The Morgan fingerprint density at radius 1 is 1.47 bits per heavy atom. The SMILES string of the molecule is Cc1cc(I)c(S(=O)(=O)Cl)nc1OC(F)(F)F. The highest BCUT2D eigenvalue weighted by molar-refractivity contribution is 14.1. The Balaban J connectivity index is 3.35. The standard InChI is InChI=1S/C7H4ClF3INO3S/c1-3-2-4(12)6(17(8,14)15)13-5(3)16-7(9,10)11/h2H,1H3. The van der Waals surface area contributed by atoms with Crippen LogP contribution in [0.2, 0.25) is 0 Å². The molecule has 0 aliphatic carbocycles. The lowest BCUT2D eigenvalue weighted by atomic mass is 10.3. The second kappa shape index (κ2) is 4.76. The largest absolute Gasteiger partial charge is 0.574 e. The smallest absolute Gasteiger partial charge is 0.388 e. The van der Waals surface area contributed by atoms with Gasteiger partial charge in [0.2, 0.25) is 5.88 Å². The van der Waals surface area contributed by atoms with Gasteiger partial charge in [-0.1, -0.05) is 0 Å². The quantitative estimate of drug-likeness (QED) is 0.565. The van der Waals surface area contributed by atoms with Crippen LogP contribution in [0.5, 0.6) is 5.88 Å². The Kier molecular flexibility index (Phi) is 4.14. The first-order valence-electron chi connectivity index (χ1n) is 3.88. The molecule has 1 rings (SSSR count). The number of pyridine rings is 1. The Morgan fingerprint density at radius 2 is 2.00 bits per heavy atom. The molecule has 0 aromatic carbocycles. The maximum absolute atomic E-state index is 12.0. The van der Waals surface area contributed by atoms with Gasteiger partial charge >= 0.3 is 6.36 Å². The van der Waals surface area contributed by atoms with Crippen LogP contribution in [0.3, 0.4) is 0 Å². The van der Waals surface area contributed by atoms with Gasteiger partial charge < -0.3 is 4.74 Å². The van der Waals surface area contributed by atoms with Gasteiger partial charge in [0.1, 0.15) is 0 Å². The second-order valence-corrected chi connectivity index (χ2v) is 6.53. The highest BCUT2D eigenvalue weighted by Gasteiger charge is 2.33. The second-order valence-electron chi connectivity index (χ2n) is 2.88. The number of halogens is 5. The van der Waals surface area contributed by atoms with Gasteiger partial charge in [0.15, 0.2) is 5.03 Å². The zero-order valence-electron chi connectivity index (χ0n) is 8.05. The number of ether oxygens (including phenoxy) is 1. The van der Waals surface area contributed by atoms with E-state index in [4.69, 9.17) is 10.7 Å². The number of alkyl halides is 3. The number of hydrogen-bond donors (Lipinski definition) is 0. The fourth-order valence-corrected chi connectivity index (χ4v) is 3.62. The number of nitrogens with zero attached hydrogens (tertiary/aromatic N) is 1. The van der Waals surface area contributed by atoms with Crippen LogP contribution in [0.1, 0.15) is 5.56 Å². The summed E-state index contributed by atoms with van der Waals surface area (Å²) in [6.45, 7) is 1.31. The zero-order chi connectivity index (χ0) is 13.4. The molecule has 4 nitrogen and oxygen atoms in total. The van der Waals surface area contributed by atoms with E-state index in [0.717, 1.165) is 0 Å². The third-order valence-corrected chi connectivity index (χ3v) is 3.93. The van der Waals surface area contributed by atoms with E-state index in [2.05, 4.69) is 9.72 Å². The molecule has 1 heterocycles. The van der Waals surface area contributed by atoms with E-state index < -0.39 is 26.3 Å². The van der Waals surface area contributed by atoms with Crippen molar-refractivity contribution in [1.82, 2.24) is 4.98 Å². The van der Waals surface area contributed by atoms with Crippen LogP contribution >= 0.6 is 33.3 Å². The molecule has 0 radical (unpaired) electrons. The van der Waals surface area contributed by atoms with Crippen molar-refractivity contribution in [1.29, 1.82) is 0 Å². The lowest BCUT2D eigenvalue weighted by Gasteiger charge is -2.11. The van der Waals surface area contributed by atoms with Gasteiger partial charge in [-0.3, -0.25) is 0 Å². The van der Waals surface area contributed by atoms with Gasteiger partial charge in [0.05, 0.1) is 3.57 Å². The maximum Gasteiger partial charge on any atom is 0.574 e. The lowest BCUT2D eigenvalue weighted by molar-refractivity contribution is -0.276. The molecule has 17 heavy (non-hydrogen) atoms. The highest BCUT2D eigenvalue weighted by atomic mass is 127. The van der Waals surface area contributed by atoms with Gasteiger partial charge in [-0.05, 0) is 35.6 Å². The average molecular weight is 402 g/mol. The highest BCUT2D eigenvalue weighted by Crippen LogP contribution is 2.29. The summed E-state index contributed by atoms with van der Waals surface area (Å²) in [5, 5.41) is -0.662. The lowest BCUT2D eigenvalue weighted by Crippen LogP contribution is -2.19. The Labute approximate surface area is 113 Å². The molecule has 10 heteroatoms. The predicted octanol–water partition coefficient (Wildman–Crippen LogP) is 2.82. The van der Waals surface area contributed by atoms with Crippen molar-refractivity contribution < 1.29 is 26.3 Å². The molecular formula is C7H4ClF3INO3S. The van der Waals surface area contributed by atoms with E-state index in [1.54, 1.807) is 22.6 Å². The van der Waals surface area contributed by atoms with E-state index in [0.29, 0.717) is 0 Å². The summed E-state index contributed by atoms with van der Waals surface area (Å²) in [5.41, 5.74) is 0.0517. The predicted molar refractivity (Wildman–Crippen MR) is 61.4 cm³/mol. The van der Waals surface area contributed by atoms with Crippen molar-refractivity contribution in [2.45, 2.75) is 18.3 Å². The van der Waals surface area contributed by atoms with Gasteiger partial charge in [0, 0.05) is 16.2 Å². The van der Waals surface area contributed by atoms with Gasteiger partial charge in [0.25, 0.3) is 9.05 Å². The summed E-state index contributed by atoms with van der Waals surface area (Å²) in [7, 11) is 0.805. The van der Waals surface area contributed by atoms with Crippen LogP contribution in [0, 0.1) is 10.5 Å². The van der Waals surface area contributed by atoms with Gasteiger partial charge in [-0.25, -0.2) is 8.42 Å². The van der Waals surface area contributed by atoms with Crippen molar-refractivity contribution in [2.75, 3.05) is 0 Å². The molecule has 0 amide bonds. The number of aryl methyl sites for hydroxylation is 1. The first-order chi connectivity index (χ1) is 7.50. The third kappa shape index (κ3) is 4.14. The minimum atomic E-state index is -4.95. The number of hydrogen-bond acceptors (Lipinski definition) is 4. The number of rotatable bonds is 2. The Morgan fingerprint density at radius 3 is 2.41 bits per heavy atom. The molecule has 0 fully saturated rings. The van der Waals surface area contributed by atoms with Gasteiger partial charge in [-0.2, -0.15) is 4.98 Å². The summed E-state index contributed by atoms with van der Waals surface area (Å²) in [5.74, 6) is -0.836. The first kappa shape index (κ1) is 14.8. The fourth-order valence-electron chi connectivity index (χ4n) is 0.931. The molecule has 0 aliphatic heterocycles. The molecular weight excluding hydrogens is 397 g/mol. The summed E-state index contributed by atoms with van der Waals surface area (Å²) in [6, 6.07) is 1.18. The third-order valence-electron chi connectivity index (χ3n) is 1.53. The van der Waals surface area contributed by atoms with E-state index in [9.17, 15) is 21.6 Å². The molecule has 0 bridgehead atoms. The van der Waals surface area contributed by atoms with Crippen LogP contribution in [0.25, 0.3) is 0 Å². The molecule has 0 saturated heterocycles. The average Bonchev–Trinajstić information content (AvgIpc) is 2.05. The molecule has 96 valence electrons. The normalized spacial score (nSPS) is 12.6. The van der Waals surface area contributed by atoms with E-state index >= 15 is 0 Å². The fraction of sp³-hybridized carbons (Fsp3) is 0.286. The monoisotopic (exact) mass is 401 g/mol. The topological polar surface area (TPSA) is 56.3 Å². The summed E-state index contributed by atoms with van der Waals surface area (Å²) in [6.07, 6.45) is -4.95. The zero-order valence-corrected chi connectivity index (χ0v) is 11.8. The van der Waals surface area contributed by atoms with Crippen molar-refractivity contribution >= 4 is 42.3 Å². The van der Waals surface area contributed by atoms with E-state index in [1.807, 2.05) is 0 Å². The Hall–Kier alpha value is -0.290. The van der Waals surface area contributed by atoms with Crippen LogP contribution in [-0.2, 0) is 9.05 Å². The van der Waals surface area contributed by atoms with Gasteiger partial charge in [-0.15, -0.1) is 13.2 Å².